The van der Waals surface area contributed by atoms with Crippen molar-refractivity contribution < 1.29 is 19.1 Å². The van der Waals surface area contributed by atoms with E-state index >= 15 is 0 Å². The van der Waals surface area contributed by atoms with Gasteiger partial charge in [0.25, 0.3) is 0 Å². The SMILES string of the molecule is CCCCCCCCCCCCOC(=O)CCCCCCCCC(=O)OCCCCCCCCC. The molecule has 4 nitrogen and oxygen atoms in total. The summed E-state index contributed by atoms with van der Waals surface area (Å²) in [5.41, 5.74) is 0. The summed E-state index contributed by atoms with van der Waals surface area (Å²) in [7, 11) is 0. The normalized spacial score (nSPS) is 11.0. The number of ether oxygens (including phenoxy) is 2. The van der Waals surface area contributed by atoms with E-state index < -0.39 is 0 Å². The van der Waals surface area contributed by atoms with Crippen LogP contribution in [-0.4, -0.2) is 25.2 Å². The van der Waals surface area contributed by atoms with Crippen molar-refractivity contribution in [2.24, 2.45) is 0 Å². The van der Waals surface area contributed by atoms with Gasteiger partial charge in [-0.3, -0.25) is 9.59 Å². The molecule has 0 rings (SSSR count). The topological polar surface area (TPSA) is 52.6 Å². The number of carbonyl (C=O) groups is 2. The van der Waals surface area contributed by atoms with Crippen LogP contribution in [0.25, 0.3) is 0 Å². The van der Waals surface area contributed by atoms with E-state index in [0.717, 1.165) is 51.4 Å². The van der Waals surface area contributed by atoms with Crippen molar-refractivity contribution >= 4 is 11.9 Å². The molecule has 0 saturated heterocycles. The van der Waals surface area contributed by atoms with Crippen LogP contribution in [0, 0.1) is 0 Å². The Labute approximate surface area is 218 Å². The first-order valence-corrected chi connectivity index (χ1v) is 15.5. The molecule has 0 spiro atoms. The van der Waals surface area contributed by atoms with E-state index in [4.69, 9.17) is 9.47 Å². The van der Waals surface area contributed by atoms with Gasteiger partial charge in [-0.1, -0.05) is 136 Å². The van der Waals surface area contributed by atoms with Crippen molar-refractivity contribution in [3.05, 3.63) is 0 Å². The van der Waals surface area contributed by atoms with Gasteiger partial charge < -0.3 is 9.47 Å². The van der Waals surface area contributed by atoms with Crippen LogP contribution in [-0.2, 0) is 19.1 Å². The Morgan fingerprint density at radius 2 is 0.629 bits per heavy atom. The molecule has 0 aliphatic heterocycles. The summed E-state index contributed by atoms with van der Waals surface area (Å²) in [6.45, 7) is 5.67. The Balaban J connectivity index is 3.25. The zero-order valence-corrected chi connectivity index (χ0v) is 23.7. The van der Waals surface area contributed by atoms with E-state index in [1.807, 2.05) is 0 Å². The van der Waals surface area contributed by atoms with Crippen LogP contribution in [0.4, 0.5) is 0 Å². The van der Waals surface area contributed by atoms with Gasteiger partial charge in [-0.25, -0.2) is 0 Å². The maximum atomic E-state index is 11.8. The van der Waals surface area contributed by atoms with Crippen LogP contribution in [0.3, 0.4) is 0 Å². The zero-order valence-electron chi connectivity index (χ0n) is 23.7. The molecule has 0 amide bonds. The second-order valence-corrected chi connectivity index (χ2v) is 10.4. The van der Waals surface area contributed by atoms with E-state index in [2.05, 4.69) is 13.8 Å². The summed E-state index contributed by atoms with van der Waals surface area (Å²) < 4.78 is 10.7. The van der Waals surface area contributed by atoms with E-state index in [9.17, 15) is 9.59 Å². The lowest BCUT2D eigenvalue weighted by atomic mass is 10.1. The number of rotatable bonds is 28. The molecule has 0 atom stereocenters. The largest absolute Gasteiger partial charge is 0.466 e. The first-order valence-electron chi connectivity index (χ1n) is 15.5. The first-order chi connectivity index (χ1) is 17.2. The molecule has 0 heterocycles. The lowest BCUT2D eigenvalue weighted by Gasteiger charge is -2.06. The highest BCUT2D eigenvalue weighted by Gasteiger charge is 2.04. The van der Waals surface area contributed by atoms with Crippen molar-refractivity contribution in [1.82, 2.24) is 0 Å². The van der Waals surface area contributed by atoms with Crippen LogP contribution in [0.15, 0.2) is 0 Å². The van der Waals surface area contributed by atoms with Gasteiger partial charge in [0, 0.05) is 12.8 Å². The molecule has 208 valence electrons. The maximum Gasteiger partial charge on any atom is 0.305 e. The number of unbranched alkanes of at least 4 members (excludes halogenated alkanes) is 20. The fraction of sp³-hybridized carbons (Fsp3) is 0.935. The van der Waals surface area contributed by atoms with Crippen molar-refractivity contribution in [3.8, 4) is 0 Å². The molecule has 0 saturated carbocycles. The number of hydrogen-bond donors (Lipinski definition) is 0. The molecule has 0 aromatic carbocycles. The summed E-state index contributed by atoms with van der Waals surface area (Å²) >= 11 is 0. The first kappa shape index (κ1) is 33.9. The highest BCUT2D eigenvalue weighted by atomic mass is 16.5. The third-order valence-corrected chi connectivity index (χ3v) is 6.78. The minimum absolute atomic E-state index is 0.0374. The fourth-order valence-electron chi connectivity index (χ4n) is 4.41. The molecule has 0 fully saturated rings. The van der Waals surface area contributed by atoms with Crippen LogP contribution >= 0.6 is 0 Å². The van der Waals surface area contributed by atoms with Gasteiger partial charge in [-0.15, -0.1) is 0 Å². The lowest BCUT2D eigenvalue weighted by molar-refractivity contribution is -0.144. The Bertz CT molecular complexity index is 449. The highest BCUT2D eigenvalue weighted by molar-refractivity contribution is 5.69. The van der Waals surface area contributed by atoms with Gasteiger partial charge >= 0.3 is 11.9 Å². The van der Waals surface area contributed by atoms with Gasteiger partial charge in [0.1, 0.15) is 0 Å². The Kier molecular flexibility index (Phi) is 28.3. The lowest BCUT2D eigenvalue weighted by Crippen LogP contribution is -2.06. The monoisotopic (exact) mass is 496 g/mol. The third kappa shape index (κ3) is 29.1. The minimum atomic E-state index is -0.0406. The second kappa shape index (κ2) is 29.2. The molecule has 35 heavy (non-hydrogen) atoms. The van der Waals surface area contributed by atoms with E-state index in [1.165, 1.54) is 96.3 Å². The third-order valence-electron chi connectivity index (χ3n) is 6.78. The van der Waals surface area contributed by atoms with Gasteiger partial charge in [-0.2, -0.15) is 0 Å². The molecule has 0 bridgehead atoms. The van der Waals surface area contributed by atoms with Crippen molar-refractivity contribution in [3.63, 3.8) is 0 Å². The highest BCUT2D eigenvalue weighted by Crippen LogP contribution is 2.12. The molecule has 0 aliphatic rings. The molecule has 4 heteroatoms. The Morgan fingerprint density at radius 1 is 0.371 bits per heavy atom. The van der Waals surface area contributed by atoms with Crippen LogP contribution in [0.5, 0.6) is 0 Å². The van der Waals surface area contributed by atoms with Gasteiger partial charge in [0.2, 0.25) is 0 Å². The molecular weight excluding hydrogens is 436 g/mol. The summed E-state index contributed by atoms with van der Waals surface area (Å²) in [6, 6.07) is 0. The van der Waals surface area contributed by atoms with E-state index in [0.29, 0.717) is 26.1 Å². The molecular formula is C31H60O4. The van der Waals surface area contributed by atoms with Crippen LogP contribution in [0.1, 0.15) is 174 Å². The van der Waals surface area contributed by atoms with E-state index in [1.54, 1.807) is 0 Å². The molecule has 0 N–H and O–H groups in total. The van der Waals surface area contributed by atoms with Crippen molar-refractivity contribution in [2.45, 2.75) is 174 Å². The standard InChI is InChI=1S/C31H60O4/c1-3-5-7-9-11-12-13-17-21-25-29-35-31(33)27-23-19-15-14-18-22-26-30(32)34-28-24-20-16-10-8-6-4-2/h3-29H2,1-2H3. The smallest absolute Gasteiger partial charge is 0.305 e. The molecule has 0 aromatic heterocycles. The molecule has 0 aliphatic carbocycles. The number of carbonyl (C=O) groups excluding carboxylic acids is 2. The summed E-state index contributed by atoms with van der Waals surface area (Å²) in [4.78, 5) is 23.6. The summed E-state index contributed by atoms with van der Waals surface area (Å²) in [5, 5.41) is 0. The predicted octanol–water partition coefficient (Wildman–Crippen LogP) is 9.87. The van der Waals surface area contributed by atoms with Crippen molar-refractivity contribution in [2.75, 3.05) is 13.2 Å². The number of esters is 2. The average molecular weight is 497 g/mol. The van der Waals surface area contributed by atoms with Gasteiger partial charge in [-0.05, 0) is 25.7 Å². The van der Waals surface area contributed by atoms with Gasteiger partial charge in [0.05, 0.1) is 13.2 Å². The average Bonchev–Trinajstić information content (AvgIpc) is 2.85. The minimum Gasteiger partial charge on any atom is -0.466 e. The zero-order chi connectivity index (χ0) is 25.7. The molecule has 0 unspecified atom stereocenters. The molecule has 0 aromatic rings. The predicted molar refractivity (Wildman–Crippen MR) is 149 cm³/mol. The van der Waals surface area contributed by atoms with Crippen molar-refractivity contribution in [1.29, 1.82) is 0 Å². The van der Waals surface area contributed by atoms with Crippen LogP contribution in [0.2, 0.25) is 0 Å². The quantitative estimate of drug-likeness (QED) is 0.0798. The Hall–Kier alpha value is -1.06. The summed E-state index contributed by atoms with van der Waals surface area (Å²) in [6.07, 6.45) is 28.9. The summed E-state index contributed by atoms with van der Waals surface area (Å²) in [5.74, 6) is -0.0780. The number of hydrogen-bond acceptors (Lipinski definition) is 4. The maximum absolute atomic E-state index is 11.8. The van der Waals surface area contributed by atoms with Crippen LogP contribution < -0.4 is 0 Å². The Morgan fingerprint density at radius 3 is 0.943 bits per heavy atom. The second-order valence-electron chi connectivity index (χ2n) is 10.4. The fourth-order valence-corrected chi connectivity index (χ4v) is 4.41. The molecule has 0 radical (unpaired) electrons. The van der Waals surface area contributed by atoms with Gasteiger partial charge in [0.15, 0.2) is 0 Å². The van der Waals surface area contributed by atoms with E-state index in [-0.39, 0.29) is 11.9 Å².